The maximum atomic E-state index is 10.8. The second-order valence-electron chi connectivity index (χ2n) is 5.03. The smallest absolute Gasteiger partial charge is 0.303 e. The molecule has 0 amide bonds. The van der Waals surface area contributed by atoms with Gasteiger partial charge in [-0.25, -0.2) is 4.57 Å². The summed E-state index contributed by atoms with van der Waals surface area (Å²) in [5.41, 5.74) is 0. The van der Waals surface area contributed by atoms with Crippen LogP contribution in [-0.4, -0.2) is 15.9 Å². The van der Waals surface area contributed by atoms with Gasteiger partial charge in [0.1, 0.15) is 0 Å². The van der Waals surface area contributed by atoms with Gasteiger partial charge in [-0.15, -0.1) is 0 Å². The quantitative estimate of drug-likeness (QED) is 0.739. The largest absolute Gasteiger partial charge is 0.469 e. The SMILES string of the molecule is CC(C)[C@@H]1C[C@H](C)C[C@H](OP(=O)(O)O)C1. The third-order valence-corrected chi connectivity index (χ3v) is 3.74. The van der Waals surface area contributed by atoms with Gasteiger partial charge in [0.05, 0.1) is 6.10 Å². The van der Waals surface area contributed by atoms with Gasteiger partial charge in [-0.2, -0.15) is 0 Å². The molecule has 0 heterocycles. The van der Waals surface area contributed by atoms with Gasteiger partial charge in [-0.3, -0.25) is 4.52 Å². The van der Waals surface area contributed by atoms with Crippen LogP contribution in [-0.2, 0) is 9.09 Å². The van der Waals surface area contributed by atoms with Crippen molar-refractivity contribution >= 4 is 7.82 Å². The van der Waals surface area contributed by atoms with Crippen molar-refractivity contribution in [2.24, 2.45) is 17.8 Å². The van der Waals surface area contributed by atoms with Gasteiger partial charge >= 0.3 is 7.82 Å². The molecule has 1 aliphatic carbocycles. The van der Waals surface area contributed by atoms with Crippen molar-refractivity contribution in [2.45, 2.75) is 46.1 Å². The molecule has 0 aromatic carbocycles. The van der Waals surface area contributed by atoms with Crippen LogP contribution in [0.3, 0.4) is 0 Å². The molecule has 0 saturated heterocycles. The Morgan fingerprint density at radius 2 is 1.87 bits per heavy atom. The van der Waals surface area contributed by atoms with E-state index in [0.717, 1.165) is 19.3 Å². The first-order valence-corrected chi connectivity index (χ1v) is 7.05. The Morgan fingerprint density at radius 3 is 2.33 bits per heavy atom. The Morgan fingerprint density at radius 1 is 1.27 bits per heavy atom. The second kappa shape index (κ2) is 4.96. The molecule has 1 aliphatic rings. The number of hydrogen-bond donors (Lipinski definition) is 2. The molecule has 0 bridgehead atoms. The predicted octanol–water partition coefficient (Wildman–Crippen LogP) is 2.56. The van der Waals surface area contributed by atoms with Gasteiger partial charge in [0, 0.05) is 0 Å². The first-order valence-electron chi connectivity index (χ1n) is 5.52. The molecule has 0 aromatic heterocycles. The number of rotatable bonds is 3. The van der Waals surface area contributed by atoms with E-state index in [1.807, 2.05) is 0 Å². The lowest BCUT2D eigenvalue weighted by Crippen LogP contribution is -2.29. The average molecular weight is 236 g/mol. The van der Waals surface area contributed by atoms with Crippen LogP contribution in [0.1, 0.15) is 40.0 Å². The van der Waals surface area contributed by atoms with Crippen LogP contribution in [0.25, 0.3) is 0 Å². The van der Waals surface area contributed by atoms with E-state index in [4.69, 9.17) is 14.3 Å². The van der Waals surface area contributed by atoms with E-state index >= 15 is 0 Å². The molecule has 1 saturated carbocycles. The summed E-state index contributed by atoms with van der Waals surface area (Å²) >= 11 is 0. The number of phosphoric acid groups is 1. The highest BCUT2D eigenvalue weighted by molar-refractivity contribution is 7.46. The highest BCUT2D eigenvalue weighted by atomic mass is 31.2. The monoisotopic (exact) mass is 236 g/mol. The molecule has 5 heteroatoms. The van der Waals surface area contributed by atoms with Gasteiger partial charge < -0.3 is 9.79 Å². The van der Waals surface area contributed by atoms with Gasteiger partial charge in [-0.05, 0) is 37.0 Å². The molecule has 90 valence electrons. The molecule has 0 unspecified atom stereocenters. The summed E-state index contributed by atoms with van der Waals surface area (Å²) in [5, 5.41) is 0. The summed E-state index contributed by atoms with van der Waals surface area (Å²) in [7, 11) is -4.32. The van der Waals surface area contributed by atoms with E-state index in [2.05, 4.69) is 20.8 Å². The van der Waals surface area contributed by atoms with E-state index in [1.165, 1.54) is 0 Å². The predicted molar refractivity (Wildman–Crippen MR) is 58.3 cm³/mol. The molecule has 0 aliphatic heterocycles. The maximum absolute atomic E-state index is 10.8. The summed E-state index contributed by atoms with van der Waals surface area (Å²) in [6, 6.07) is 0. The van der Waals surface area contributed by atoms with Crippen molar-refractivity contribution in [2.75, 3.05) is 0 Å². The van der Waals surface area contributed by atoms with Crippen molar-refractivity contribution in [1.82, 2.24) is 0 Å². The molecule has 0 aromatic rings. The van der Waals surface area contributed by atoms with E-state index in [1.54, 1.807) is 0 Å². The fourth-order valence-corrected chi connectivity index (χ4v) is 2.98. The Kier molecular flexibility index (Phi) is 4.36. The Bertz CT molecular complexity index is 248. The molecule has 4 nitrogen and oxygen atoms in total. The fourth-order valence-electron chi connectivity index (χ4n) is 2.42. The third kappa shape index (κ3) is 4.64. The molecular formula is C10H21O4P. The Labute approximate surface area is 91.3 Å². The Hall–Kier alpha value is 0.110. The minimum atomic E-state index is -4.32. The van der Waals surface area contributed by atoms with Gasteiger partial charge in [0.25, 0.3) is 0 Å². The Balaban J connectivity index is 2.56. The lowest BCUT2D eigenvalue weighted by atomic mass is 9.76. The van der Waals surface area contributed by atoms with Crippen LogP contribution >= 0.6 is 7.82 Å². The highest BCUT2D eigenvalue weighted by Crippen LogP contribution is 2.44. The lowest BCUT2D eigenvalue weighted by Gasteiger charge is -2.35. The zero-order valence-corrected chi connectivity index (χ0v) is 10.5. The lowest BCUT2D eigenvalue weighted by molar-refractivity contribution is 0.0522. The van der Waals surface area contributed by atoms with Crippen LogP contribution < -0.4 is 0 Å². The molecule has 0 spiro atoms. The minimum Gasteiger partial charge on any atom is -0.303 e. The summed E-state index contributed by atoms with van der Waals surface area (Å²) < 4.78 is 15.6. The van der Waals surface area contributed by atoms with Crippen molar-refractivity contribution in [3.05, 3.63) is 0 Å². The fraction of sp³-hybridized carbons (Fsp3) is 1.00. The molecule has 0 radical (unpaired) electrons. The zero-order valence-electron chi connectivity index (χ0n) is 9.59. The average Bonchev–Trinajstić information content (AvgIpc) is 1.99. The molecule has 1 rings (SSSR count). The van der Waals surface area contributed by atoms with E-state index in [0.29, 0.717) is 17.8 Å². The summed E-state index contributed by atoms with van der Waals surface area (Å²) in [6.07, 6.45) is 2.39. The van der Waals surface area contributed by atoms with Gasteiger partial charge in [0.15, 0.2) is 0 Å². The highest BCUT2D eigenvalue weighted by Gasteiger charge is 2.32. The van der Waals surface area contributed by atoms with Crippen molar-refractivity contribution in [3.63, 3.8) is 0 Å². The summed E-state index contributed by atoms with van der Waals surface area (Å²) in [4.78, 5) is 17.5. The topological polar surface area (TPSA) is 66.8 Å². The van der Waals surface area contributed by atoms with Crippen molar-refractivity contribution in [1.29, 1.82) is 0 Å². The minimum absolute atomic E-state index is 0.276. The van der Waals surface area contributed by atoms with E-state index in [9.17, 15) is 4.57 Å². The molecule has 1 fully saturated rings. The number of hydrogen-bond acceptors (Lipinski definition) is 2. The number of phosphoric ester groups is 1. The zero-order chi connectivity index (χ0) is 11.6. The van der Waals surface area contributed by atoms with Crippen LogP contribution in [0.15, 0.2) is 0 Å². The van der Waals surface area contributed by atoms with Crippen LogP contribution in [0, 0.1) is 17.8 Å². The first-order chi connectivity index (χ1) is 6.78. The molecule has 3 atom stereocenters. The summed E-state index contributed by atoms with van der Waals surface area (Å²) in [5.74, 6) is 1.56. The first kappa shape index (κ1) is 13.2. The summed E-state index contributed by atoms with van der Waals surface area (Å²) in [6.45, 7) is 6.42. The van der Waals surface area contributed by atoms with Gasteiger partial charge in [0.2, 0.25) is 0 Å². The molecular weight excluding hydrogens is 215 g/mol. The van der Waals surface area contributed by atoms with Crippen LogP contribution in [0.5, 0.6) is 0 Å². The molecule has 15 heavy (non-hydrogen) atoms. The van der Waals surface area contributed by atoms with E-state index in [-0.39, 0.29) is 6.10 Å². The third-order valence-electron chi connectivity index (χ3n) is 3.17. The van der Waals surface area contributed by atoms with Crippen LogP contribution in [0.4, 0.5) is 0 Å². The normalized spacial score (nSPS) is 33.3. The van der Waals surface area contributed by atoms with Gasteiger partial charge in [-0.1, -0.05) is 20.8 Å². The molecule has 2 N–H and O–H groups in total. The van der Waals surface area contributed by atoms with Crippen molar-refractivity contribution < 1.29 is 18.9 Å². The second-order valence-corrected chi connectivity index (χ2v) is 6.23. The maximum Gasteiger partial charge on any atom is 0.469 e. The van der Waals surface area contributed by atoms with E-state index < -0.39 is 7.82 Å². The standard InChI is InChI=1S/C10H21O4P/c1-7(2)9-4-8(3)5-10(6-9)14-15(11,12)13/h7-10H,4-6H2,1-3H3,(H2,11,12,13)/t8-,9+,10-/m0/s1. The van der Waals surface area contributed by atoms with Crippen LogP contribution in [0.2, 0.25) is 0 Å². The van der Waals surface area contributed by atoms with Crippen molar-refractivity contribution in [3.8, 4) is 0 Å².